The molecule has 6 heteroatoms. The molecule has 0 atom stereocenters. The van der Waals surface area contributed by atoms with E-state index in [-0.39, 0.29) is 17.6 Å². The molecule has 1 saturated heterocycles. The summed E-state index contributed by atoms with van der Waals surface area (Å²) in [6.45, 7) is 5.51. The maximum atomic E-state index is 12.7. The molecule has 1 N–H and O–H groups in total. The fourth-order valence-corrected chi connectivity index (χ4v) is 5.45. The van der Waals surface area contributed by atoms with Gasteiger partial charge in [-0.1, -0.05) is 59.7 Å². The van der Waals surface area contributed by atoms with Gasteiger partial charge in [0.2, 0.25) is 15.9 Å². The van der Waals surface area contributed by atoms with Gasteiger partial charge in [-0.05, 0) is 50.7 Å². The minimum absolute atomic E-state index is 0.0184. The number of nitrogens with one attached hydrogen (secondary N) is 1. The highest BCUT2D eigenvalue weighted by atomic mass is 32.2. The van der Waals surface area contributed by atoms with Gasteiger partial charge in [0, 0.05) is 25.6 Å². The molecule has 1 aliphatic heterocycles. The van der Waals surface area contributed by atoms with Crippen molar-refractivity contribution in [3.05, 3.63) is 70.8 Å². The van der Waals surface area contributed by atoms with Gasteiger partial charge in [-0.3, -0.25) is 4.79 Å². The van der Waals surface area contributed by atoms with E-state index in [4.69, 9.17) is 0 Å². The maximum absolute atomic E-state index is 12.7. The third kappa shape index (κ3) is 6.41. The highest BCUT2D eigenvalue weighted by Crippen LogP contribution is 2.22. The van der Waals surface area contributed by atoms with E-state index in [9.17, 15) is 13.2 Å². The van der Waals surface area contributed by atoms with Crippen LogP contribution in [0.2, 0.25) is 0 Å². The lowest BCUT2D eigenvalue weighted by Gasteiger charge is -2.30. The smallest absolute Gasteiger partial charge is 0.223 e. The summed E-state index contributed by atoms with van der Waals surface area (Å²) in [5, 5.41) is 3.03. The summed E-state index contributed by atoms with van der Waals surface area (Å²) >= 11 is 0. The van der Waals surface area contributed by atoms with E-state index in [1.807, 2.05) is 31.2 Å². The normalized spacial score (nSPS) is 15.8. The molecule has 1 heterocycles. The fraction of sp³-hybridized carbons (Fsp3) is 0.458. The van der Waals surface area contributed by atoms with Crippen LogP contribution in [0.5, 0.6) is 0 Å². The first-order valence-electron chi connectivity index (χ1n) is 10.7. The Bertz CT molecular complexity index is 947. The lowest BCUT2D eigenvalue weighted by molar-refractivity contribution is -0.126. The molecule has 30 heavy (non-hydrogen) atoms. The fourth-order valence-electron chi connectivity index (χ4n) is 3.90. The molecule has 0 aromatic heterocycles. The van der Waals surface area contributed by atoms with E-state index in [0.717, 1.165) is 24.0 Å². The average Bonchev–Trinajstić information content (AvgIpc) is 2.72. The summed E-state index contributed by atoms with van der Waals surface area (Å²) < 4.78 is 27.0. The van der Waals surface area contributed by atoms with Crippen LogP contribution in [0.15, 0.2) is 48.5 Å². The second-order valence-electron chi connectivity index (χ2n) is 8.30. The van der Waals surface area contributed by atoms with E-state index in [0.29, 0.717) is 32.5 Å². The van der Waals surface area contributed by atoms with Crippen molar-refractivity contribution in [1.29, 1.82) is 0 Å². The zero-order valence-electron chi connectivity index (χ0n) is 17.9. The van der Waals surface area contributed by atoms with Gasteiger partial charge in [0.25, 0.3) is 0 Å². The van der Waals surface area contributed by atoms with E-state index < -0.39 is 10.0 Å². The molecule has 0 bridgehead atoms. The highest BCUT2D eigenvalue weighted by Gasteiger charge is 2.31. The van der Waals surface area contributed by atoms with Crippen molar-refractivity contribution in [1.82, 2.24) is 9.62 Å². The monoisotopic (exact) mass is 428 g/mol. The number of amides is 1. The van der Waals surface area contributed by atoms with Gasteiger partial charge in [0.15, 0.2) is 0 Å². The van der Waals surface area contributed by atoms with Gasteiger partial charge in [-0.25, -0.2) is 12.7 Å². The van der Waals surface area contributed by atoms with Gasteiger partial charge in [0.1, 0.15) is 0 Å². The summed E-state index contributed by atoms with van der Waals surface area (Å²) in [6, 6.07) is 16.1. The van der Waals surface area contributed by atoms with Gasteiger partial charge in [-0.2, -0.15) is 0 Å². The molecule has 1 fully saturated rings. The van der Waals surface area contributed by atoms with Crippen LogP contribution in [0, 0.1) is 19.8 Å². The van der Waals surface area contributed by atoms with Gasteiger partial charge < -0.3 is 5.32 Å². The Balaban J connectivity index is 1.40. The van der Waals surface area contributed by atoms with Crippen molar-refractivity contribution in [2.24, 2.45) is 5.92 Å². The van der Waals surface area contributed by atoms with Crippen molar-refractivity contribution in [3.63, 3.8) is 0 Å². The molecule has 162 valence electrons. The van der Waals surface area contributed by atoms with Crippen molar-refractivity contribution >= 4 is 15.9 Å². The van der Waals surface area contributed by atoms with Crippen LogP contribution in [0.1, 0.15) is 41.5 Å². The third-order valence-electron chi connectivity index (χ3n) is 5.71. The number of carbonyl (C=O) groups is 1. The number of hydrogen-bond donors (Lipinski definition) is 1. The van der Waals surface area contributed by atoms with Crippen LogP contribution in [0.25, 0.3) is 0 Å². The molecular weight excluding hydrogens is 396 g/mol. The molecule has 3 rings (SSSR count). The first-order valence-corrected chi connectivity index (χ1v) is 12.3. The minimum atomic E-state index is -3.36. The molecule has 2 aromatic carbocycles. The Labute approximate surface area is 180 Å². The van der Waals surface area contributed by atoms with Gasteiger partial charge in [-0.15, -0.1) is 0 Å². The molecular formula is C24H32N2O3S. The summed E-state index contributed by atoms with van der Waals surface area (Å²) in [7, 11) is -3.36. The van der Waals surface area contributed by atoms with Crippen LogP contribution >= 0.6 is 0 Å². The SMILES string of the molecule is Cc1ccc(CCCNC(=O)C2CCN(S(=O)(=O)Cc3cccc(C)c3)CC2)cc1. The van der Waals surface area contributed by atoms with E-state index >= 15 is 0 Å². The molecule has 1 amide bonds. The number of piperidine rings is 1. The van der Waals surface area contributed by atoms with Crippen molar-refractivity contribution < 1.29 is 13.2 Å². The van der Waals surface area contributed by atoms with Crippen LogP contribution in [0.4, 0.5) is 0 Å². The summed E-state index contributed by atoms with van der Waals surface area (Å²) in [5.41, 5.74) is 4.39. The van der Waals surface area contributed by atoms with E-state index in [2.05, 4.69) is 36.5 Å². The Morgan fingerprint density at radius 3 is 2.37 bits per heavy atom. The second-order valence-corrected chi connectivity index (χ2v) is 10.3. The number of aryl methyl sites for hydroxylation is 3. The molecule has 1 aliphatic rings. The Kier molecular flexibility index (Phi) is 7.67. The topological polar surface area (TPSA) is 66.5 Å². The molecule has 5 nitrogen and oxygen atoms in total. The van der Waals surface area contributed by atoms with E-state index in [1.54, 1.807) is 0 Å². The Hall–Kier alpha value is -2.18. The van der Waals surface area contributed by atoms with E-state index in [1.165, 1.54) is 15.4 Å². The lowest BCUT2D eigenvalue weighted by atomic mass is 9.97. The first kappa shape index (κ1) is 22.5. The van der Waals surface area contributed by atoms with Crippen LogP contribution < -0.4 is 5.32 Å². The Morgan fingerprint density at radius 1 is 1.00 bits per heavy atom. The standard InChI is InChI=1S/C24H32N2O3S/c1-19-8-10-21(11-9-19)7-4-14-25-24(27)23-12-15-26(16-13-23)30(28,29)18-22-6-3-5-20(2)17-22/h3,5-6,8-11,17,23H,4,7,12-16,18H2,1-2H3,(H,25,27). The van der Waals surface area contributed by atoms with Crippen LogP contribution in [0.3, 0.4) is 0 Å². The number of carbonyl (C=O) groups excluding carboxylic acids is 1. The first-order chi connectivity index (χ1) is 14.3. The van der Waals surface area contributed by atoms with Crippen LogP contribution in [-0.2, 0) is 27.0 Å². The average molecular weight is 429 g/mol. The molecule has 0 aliphatic carbocycles. The summed E-state index contributed by atoms with van der Waals surface area (Å²) in [6.07, 6.45) is 3.00. The maximum Gasteiger partial charge on any atom is 0.223 e. The number of nitrogens with zero attached hydrogens (tertiary/aromatic N) is 1. The second kappa shape index (κ2) is 10.2. The van der Waals surface area contributed by atoms with Crippen LogP contribution in [-0.4, -0.2) is 38.3 Å². The Morgan fingerprint density at radius 2 is 1.70 bits per heavy atom. The number of rotatable bonds is 8. The molecule has 0 unspecified atom stereocenters. The number of benzene rings is 2. The number of sulfonamides is 1. The summed E-state index contributed by atoms with van der Waals surface area (Å²) in [4.78, 5) is 12.5. The van der Waals surface area contributed by atoms with Crippen molar-refractivity contribution in [2.75, 3.05) is 19.6 Å². The third-order valence-corrected chi connectivity index (χ3v) is 7.56. The van der Waals surface area contributed by atoms with Gasteiger partial charge >= 0.3 is 0 Å². The zero-order chi connectivity index (χ0) is 21.6. The predicted molar refractivity (Wildman–Crippen MR) is 121 cm³/mol. The van der Waals surface area contributed by atoms with Gasteiger partial charge in [0.05, 0.1) is 5.75 Å². The molecule has 0 spiro atoms. The molecule has 0 saturated carbocycles. The summed E-state index contributed by atoms with van der Waals surface area (Å²) in [5.74, 6) is -0.0330. The predicted octanol–water partition coefficient (Wildman–Crippen LogP) is 3.59. The lowest BCUT2D eigenvalue weighted by Crippen LogP contribution is -2.43. The molecule has 0 radical (unpaired) electrons. The highest BCUT2D eigenvalue weighted by molar-refractivity contribution is 7.88. The largest absolute Gasteiger partial charge is 0.356 e. The van der Waals surface area contributed by atoms with Crippen molar-refractivity contribution in [2.45, 2.75) is 45.3 Å². The number of hydrogen-bond acceptors (Lipinski definition) is 3. The quantitative estimate of drug-likeness (QED) is 0.654. The minimum Gasteiger partial charge on any atom is -0.356 e. The zero-order valence-corrected chi connectivity index (χ0v) is 18.7. The molecule has 2 aromatic rings. The van der Waals surface area contributed by atoms with Crippen molar-refractivity contribution in [3.8, 4) is 0 Å².